The Bertz CT molecular complexity index is 544. The van der Waals surface area contributed by atoms with Crippen molar-refractivity contribution in [1.29, 1.82) is 0 Å². The molecule has 0 spiro atoms. The third kappa shape index (κ3) is 3.88. The zero-order valence-electron chi connectivity index (χ0n) is 13.6. The molecule has 2 fully saturated rings. The molecule has 2 N–H and O–H groups in total. The highest BCUT2D eigenvalue weighted by molar-refractivity contribution is 5.75. The summed E-state index contributed by atoms with van der Waals surface area (Å²) in [6.45, 7) is 2.95. The molecule has 1 aliphatic heterocycles. The van der Waals surface area contributed by atoms with Gasteiger partial charge < -0.3 is 25.0 Å². The summed E-state index contributed by atoms with van der Waals surface area (Å²) in [5, 5.41) is 12.7. The van der Waals surface area contributed by atoms with E-state index in [9.17, 15) is 9.90 Å². The molecule has 2 amide bonds. The number of phenolic OH excluding ortho intramolecular Hbond substituents is 1. The van der Waals surface area contributed by atoms with Gasteiger partial charge >= 0.3 is 6.03 Å². The van der Waals surface area contributed by atoms with Crippen LogP contribution in [0.2, 0.25) is 0 Å². The summed E-state index contributed by atoms with van der Waals surface area (Å²) < 4.78 is 5.35. The van der Waals surface area contributed by atoms with Crippen molar-refractivity contribution in [2.24, 2.45) is 0 Å². The summed E-state index contributed by atoms with van der Waals surface area (Å²) in [6.07, 6.45) is 3.20. The lowest BCUT2D eigenvalue weighted by atomic mass is 10.2. The molecule has 2 aliphatic rings. The molecular formula is C17H25N3O3. The third-order valence-corrected chi connectivity index (χ3v) is 4.81. The maximum Gasteiger partial charge on any atom is 0.317 e. The normalized spacial score (nSPS) is 24.7. The number of rotatable bonds is 3. The molecule has 6 nitrogen and oxygen atoms in total. The molecular weight excluding hydrogens is 294 g/mol. The average molecular weight is 319 g/mol. The monoisotopic (exact) mass is 319 g/mol. The van der Waals surface area contributed by atoms with Crippen LogP contribution >= 0.6 is 0 Å². The van der Waals surface area contributed by atoms with Crippen LogP contribution in [0, 0.1) is 0 Å². The quantitative estimate of drug-likeness (QED) is 0.891. The SMILES string of the molecule is CO[C@@H]1CC[C@@H](NC(=O)N2CCN(c3cccc(O)c3)CC2)C1. The first-order valence-electron chi connectivity index (χ1n) is 8.28. The Morgan fingerprint density at radius 2 is 2.04 bits per heavy atom. The van der Waals surface area contributed by atoms with E-state index in [0.717, 1.165) is 38.0 Å². The number of benzene rings is 1. The number of hydrogen-bond acceptors (Lipinski definition) is 4. The molecule has 0 radical (unpaired) electrons. The number of carbonyl (C=O) groups excluding carboxylic acids is 1. The van der Waals surface area contributed by atoms with E-state index in [-0.39, 0.29) is 23.9 Å². The van der Waals surface area contributed by atoms with Crippen LogP contribution in [0.25, 0.3) is 0 Å². The molecule has 1 aromatic carbocycles. The summed E-state index contributed by atoms with van der Waals surface area (Å²) in [5.41, 5.74) is 1.00. The minimum atomic E-state index is 0.0299. The van der Waals surface area contributed by atoms with Gasteiger partial charge in [-0.1, -0.05) is 6.07 Å². The molecule has 3 rings (SSSR count). The second-order valence-electron chi connectivity index (χ2n) is 6.31. The lowest BCUT2D eigenvalue weighted by Crippen LogP contribution is -2.53. The summed E-state index contributed by atoms with van der Waals surface area (Å²) >= 11 is 0. The molecule has 6 heteroatoms. The number of methoxy groups -OCH3 is 1. The number of piperazine rings is 1. The Kier molecular flexibility index (Phi) is 4.91. The Morgan fingerprint density at radius 1 is 1.26 bits per heavy atom. The van der Waals surface area contributed by atoms with E-state index in [0.29, 0.717) is 13.1 Å². The highest BCUT2D eigenvalue weighted by atomic mass is 16.5. The fraction of sp³-hybridized carbons (Fsp3) is 0.588. The first-order chi connectivity index (χ1) is 11.2. The van der Waals surface area contributed by atoms with Crippen molar-refractivity contribution in [2.45, 2.75) is 31.4 Å². The van der Waals surface area contributed by atoms with Gasteiger partial charge in [-0.3, -0.25) is 0 Å². The molecule has 1 saturated carbocycles. The molecule has 0 aromatic heterocycles. The van der Waals surface area contributed by atoms with Gasteiger partial charge in [0, 0.05) is 51.1 Å². The molecule has 1 aromatic rings. The zero-order chi connectivity index (χ0) is 16.2. The van der Waals surface area contributed by atoms with Gasteiger partial charge in [-0.05, 0) is 31.4 Å². The van der Waals surface area contributed by atoms with Gasteiger partial charge in [0.05, 0.1) is 6.10 Å². The van der Waals surface area contributed by atoms with Gasteiger partial charge in [0.2, 0.25) is 0 Å². The molecule has 1 aliphatic carbocycles. The Balaban J connectivity index is 1.48. The van der Waals surface area contributed by atoms with Crippen LogP contribution in [0.15, 0.2) is 24.3 Å². The summed E-state index contributed by atoms with van der Waals surface area (Å²) in [4.78, 5) is 16.4. The van der Waals surface area contributed by atoms with Crippen LogP contribution in [0.5, 0.6) is 5.75 Å². The van der Waals surface area contributed by atoms with Gasteiger partial charge in [-0.2, -0.15) is 0 Å². The van der Waals surface area contributed by atoms with E-state index in [1.807, 2.05) is 17.0 Å². The lowest BCUT2D eigenvalue weighted by molar-refractivity contribution is 0.107. The number of nitrogens with one attached hydrogen (secondary N) is 1. The van der Waals surface area contributed by atoms with Gasteiger partial charge in [0.15, 0.2) is 0 Å². The Labute approximate surface area is 137 Å². The first kappa shape index (κ1) is 15.9. The molecule has 2 atom stereocenters. The van der Waals surface area contributed by atoms with Crippen LogP contribution in [-0.2, 0) is 4.74 Å². The molecule has 126 valence electrons. The van der Waals surface area contributed by atoms with Crippen molar-refractivity contribution < 1.29 is 14.6 Å². The van der Waals surface area contributed by atoms with Gasteiger partial charge in [0.1, 0.15) is 5.75 Å². The van der Waals surface area contributed by atoms with Crippen LogP contribution in [-0.4, -0.2) is 61.5 Å². The minimum absolute atomic E-state index is 0.0299. The Morgan fingerprint density at radius 3 is 2.70 bits per heavy atom. The van der Waals surface area contributed by atoms with E-state index in [1.165, 1.54) is 0 Å². The fourth-order valence-electron chi connectivity index (χ4n) is 3.41. The highest BCUT2D eigenvalue weighted by Gasteiger charge is 2.28. The van der Waals surface area contributed by atoms with Crippen molar-refractivity contribution in [3.8, 4) is 5.75 Å². The van der Waals surface area contributed by atoms with E-state index < -0.39 is 0 Å². The molecule has 0 unspecified atom stereocenters. The second kappa shape index (κ2) is 7.08. The van der Waals surface area contributed by atoms with Crippen LogP contribution < -0.4 is 10.2 Å². The smallest absolute Gasteiger partial charge is 0.317 e. The van der Waals surface area contributed by atoms with E-state index in [2.05, 4.69) is 10.2 Å². The van der Waals surface area contributed by atoms with Crippen molar-refractivity contribution in [2.75, 3.05) is 38.2 Å². The Hall–Kier alpha value is -1.95. The molecule has 23 heavy (non-hydrogen) atoms. The maximum atomic E-state index is 12.4. The summed E-state index contributed by atoms with van der Waals surface area (Å²) in [7, 11) is 1.73. The average Bonchev–Trinajstić information content (AvgIpc) is 3.02. The highest BCUT2D eigenvalue weighted by Crippen LogP contribution is 2.23. The minimum Gasteiger partial charge on any atom is -0.508 e. The largest absolute Gasteiger partial charge is 0.508 e. The molecule has 1 saturated heterocycles. The maximum absolute atomic E-state index is 12.4. The lowest BCUT2D eigenvalue weighted by Gasteiger charge is -2.36. The van der Waals surface area contributed by atoms with E-state index in [1.54, 1.807) is 19.2 Å². The third-order valence-electron chi connectivity index (χ3n) is 4.81. The number of ether oxygens (including phenoxy) is 1. The number of amides is 2. The number of aromatic hydroxyl groups is 1. The molecule has 0 bridgehead atoms. The fourth-order valence-corrected chi connectivity index (χ4v) is 3.41. The summed E-state index contributed by atoms with van der Waals surface area (Å²) in [6, 6.07) is 7.52. The van der Waals surface area contributed by atoms with Crippen molar-refractivity contribution >= 4 is 11.7 Å². The van der Waals surface area contributed by atoms with E-state index in [4.69, 9.17) is 4.74 Å². The van der Waals surface area contributed by atoms with Crippen molar-refractivity contribution in [3.63, 3.8) is 0 Å². The van der Waals surface area contributed by atoms with Crippen molar-refractivity contribution in [3.05, 3.63) is 24.3 Å². The predicted octanol–water partition coefficient (Wildman–Crippen LogP) is 1.79. The summed E-state index contributed by atoms with van der Waals surface area (Å²) in [5.74, 6) is 0.275. The predicted molar refractivity (Wildman–Crippen MR) is 88.9 cm³/mol. The van der Waals surface area contributed by atoms with Gasteiger partial charge in [-0.15, -0.1) is 0 Å². The number of nitrogens with zero attached hydrogens (tertiary/aromatic N) is 2. The zero-order valence-corrected chi connectivity index (χ0v) is 13.6. The van der Waals surface area contributed by atoms with Crippen LogP contribution in [0.1, 0.15) is 19.3 Å². The molecule has 1 heterocycles. The topological polar surface area (TPSA) is 65.0 Å². The van der Waals surface area contributed by atoms with Gasteiger partial charge in [-0.25, -0.2) is 4.79 Å². The van der Waals surface area contributed by atoms with E-state index >= 15 is 0 Å². The van der Waals surface area contributed by atoms with Crippen LogP contribution in [0.3, 0.4) is 0 Å². The number of anilines is 1. The number of phenols is 1. The number of urea groups is 1. The van der Waals surface area contributed by atoms with Crippen LogP contribution in [0.4, 0.5) is 10.5 Å². The van der Waals surface area contributed by atoms with Crippen molar-refractivity contribution in [1.82, 2.24) is 10.2 Å². The number of carbonyl (C=O) groups is 1. The standard InChI is InChI=1S/C17H25N3O3/c1-23-16-6-5-13(11-16)18-17(22)20-9-7-19(8-10-20)14-3-2-4-15(21)12-14/h2-4,12-13,16,21H,5-11H2,1H3,(H,18,22)/t13-,16-/m1/s1. The second-order valence-corrected chi connectivity index (χ2v) is 6.31. The van der Waals surface area contributed by atoms with Gasteiger partial charge in [0.25, 0.3) is 0 Å². The first-order valence-corrected chi connectivity index (χ1v) is 8.28. The number of hydrogen-bond donors (Lipinski definition) is 2.